The fourth-order valence-electron chi connectivity index (χ4n) is 4.72. The van der Waals surface area contributed by atoms with Crippen molar-refractivity contribution in [3.63, 3.8) is 0 Å². The summed E-state index contributed by atoms with van der Waals surface area (Å²) in [5.41, 5.74) is 2.06. The van der Waals surface area contributed by atoms with Gasteiger partial charge in [0.15, 0.2) is 0 Å². The highest BCUT2D eigenvalue weighted by Crippen LogP contribution is 2.32. The van der Waals surface area contributed by atoms with Gasteiger partial charge in [-0.2, -0.15) is 0 Å². The average Bonchev–Trinajstić information content (AvgIpc) is 3.21. The van der Waals surface area contributed by atoms with E-state index in [0.29, 0.717) is 30.3 Å². The summed E-state index contributed by atoms with van der Waals surface area (Å²) in [5, 5.41) is 6.76. The van der Waals surface area contributed by atoms with Crippen molar-refractivity contribution in [2.45, 2.75) is 70.5 Å². The van der Waals surface area contributed by atoms with Gasteiger partial charge in [-0.3, -0.25) is 4.79 Å². The highest BCUT2D eigenvalue weighted by molar-refractivity contribution is 5.90. The van der Waals surface area contributed by atoms with Gasteiger partial charge in [-0.15, -0.1) is 0 Å². The largest absolute Gasteiger partial charge is 0.330 e. The smallest absolute Gasteiger partial charge is 0.224 e. The minimum atomic E-state index is 0.143. The molecule has 144 valence electrons. The Morgan fingerprint density at radius 2 is 2.07 bits per heavy atom. The van der Waals surface area contributed by atoms with Crippen molar-refractivity contribution in [1.29, 1.82) is 0 Å². The van der Waals surface area contributed by atoms with Crippen LogP contribution < -0.4 is 10.6 Å². The lowest BCUT2D eigenvalue weighted by atomic mass is 9.89. The van der Waals surface area contributed by atoms with Crippen LogP contribution in [0, 0.1) is 5.92 Å². The normalized spacial score (nSPS) is 24.3. The molecule has 0 saturated carbocycles. The number of carbonyl (C=O) groups excluding carboxylic acids is 1. The number of hydrogen-bond acceptors (Lipinski definition) is 3. The van der Waals surface area contributed by atoms with Gasteiger partial charge in [0.25, 0.3) is 0 Å². The molecule has 4 rings (SSSR count). The predicted molar refractivity (Wildman–Crippen MR) is 108 cm³/mol. The topological polar surface area (TPSA) is 59.0 Å². The number of carbonyl (C=O) groups is 1. The Bertz CT molecular complexity index is 785. The highest BCUT2D eigenvalue weighted by atomic mass is 16.1. The number of amides is 1. The molecule has 2 bridgehead atoms. The Morgan fingerprint density at radius 1 is 1.30 bits per heavy atom. The molecule has 5 nitrogen and oxygen atoms in total. The van der Waals surface area contributed by atoms with Crippen LogP contribution in [-0.4, -0.2) is 27.5 Å². The van der Waals surface area contributed by atoms with Crippen LogP contribution in [-0.2, 0) is 11.3 Å². The van der Waals surface area contributed by atoms with Gasteiger partial charge in [0.2, 0.25) is 5.91 Å². The van der Waals surface area contributed by atoms with Gasteiger partial charge in [-0.1, -0.05) is 26.0 Å². The van der Waals surface area contributed by atoms with Gasteiger partial charge < -0.3 is 15.2 Å². The van der Waals surface area contributed by atoms with E-state index in [2.05, 4.69) is 46.2 Å². The molecular formula is C22H30N4O. The molecule has 5 heteroatoms. The molecule has 2 aliphatic rings. The summed E-state index contributed by atoms with van der Waals surface area (Å²) in [6.07, 6.45) is 9.34. The Balaban J connectivity index is 1.36. The van der Waals surface area contributed by atoms with Crippen molar-refractivity contribution in [3.8, 4) is 0 Å². The van der Waals surface area contributed by atoms with Crippen molar-refractivity contribution < 1.29 is 4.79 Å². The molecule has 1 amide bonds. The van der Waals surface area contributed by atoms with Crippen LogP contribution >= 0.6 is 0 Å². The third-order valence-electron chi connectivity index (χ3n) is 5.87. The maximum atomic E-state index is 12.5. The van der Waals surface area contributed by atoms with E-state index >= 15 is 0 Å². The zero-order valence-electron chi connectivity index (χ0n) is 16.3. The fourth-order valence-corrected chi connectivity index (χ4v) is 4.72. The number of imidazole rings is 1. The van der Waals surface area contributed by atoms with E-state index in [1.165, 1.54) is 18.4 Å². The second-order valence-corrected chi connectivity index (χ2v) is 8.50. The standard InChI is InChI=1S/C22H30N4O/c1-15(2)22-23-8-9-26(22)14-16-4-3-5-18(10-16)25-21(27)13-17-11-19-6-7-20(12-17)24-19/h3-5,8-10,15,17,19-20,24H,6-7,11-14H2,1-2H3,(H,25,27). The first-order valence-corrected chi connectivity index (χ1v) is 10.2. The van der Waals surface area contributed by atoms with Crippen molar-refractivity contribution in [2.75, 3.05) is 5.32 Å². The van der Waals surface area contributed by atoms with Gasteiger partial charge in [0.05, 0.1) is 0 Å². The number of rotatable bonds is 6. The second kappa shape index (κ2) is 7.85. The zero-order chi connectivity index (χ0) is 18.8. The third kappa shape index (κ3) is 4.41. The lowest BCUT2D eigenvalue weighted by Crippen LogP contribution is -2.39. The monoisotopic (exact) mass is 366 g/mol. The van der Waals surface area contributed by atoms with E-state index in [4.69, 9.17) is 0 Å². The fraction of sp³-hybridized carbons (Fsp3) is 0.545. The Morgan fingerprint density at radius 3 is 2.81 bits per heavy atom. The molecule has 2 aliphatic heterocycles. The molecule has 27 heavy (non-hydrogen) atoms. The zero-order valence-corrected chi connectivity index (χ0v) is 16.3. The first-order chi connectivity index (χ1) is 13.1. The number of hydrogen-bond donors (Lipinski definition) is 2. The molecule has 3 heterocycles. The first-order valence-electron chi connectivity index (χ1n) is 10.2. The van der Waals surface area contributed by atoms with Crippen LogP contribution in [0.15, 0.2) is 36.7 Å². The number of anilines is 1. The quantitative estimate of drug-likeness (QED) is 0.815. The summed E-state index contributed by atoms with van der Waals surface area (Å²) in [6.45, 7) is 5.08. The minimum absolute atomic E-state index is 0.143. The van der Waals surface area contributed by atoms with Gasteiger partial charge in [-0.05, 0) is 49.3 Å². The highest BCUT2D eigenvalue weighted by Gasteiger charge is 2.34. The Hall–Kier alpha value is -2.14. The van der Waals surface area contributed by atoms with E-state index in [9.17, 15) is 4.79 Å². The van der Waals surface area contributed by atoms with Crippen LogP contribution in [0.3, 0.4) is 0 Å². The summed E-state index contributed by atoms with van der Waals surface area (Å²) in [7, 11) is 0. The van der Waals surface area contributed by atoms with Gasteiger partial charge in [0, 0.05) is 49.0 Å². The lowest BCUT2D eigenvalue weighted by molar-refractivity contribution is -0.117. The molecule has 2 atom stereocenters. The molecular weight excluding hydrogens is 336 g/mol. The molecule has 0 aliphatic carbocycles. The predicted octanol–water partition coefficient (Wildman–Crippen LogP) is 3.91. The first kappa shape index (κ1) is 18.2. The molecule has 2 fully saturated rings. The lowest BCUT2D eigenvalue weighted by Gasteiger charge is -2.28. The van der Waals surface area contributed by atoms with Crippen molar-refractivity contribution in [3.05, 3.63) is 48.0 Å². The maximum absolute atomic E-state index is 12.5. The second-order valence-electron chi connectivity index (χ2n) is 8.50. The molecule has 2 unspecified atom stereocenters. The van der Waals surface area contributed by atoms with Crippen LogP contribution in [0.5, 0.6) is 0 Å². The molecule has 1 aromatic heterocycles. The average molecular weight is 367 g/mol. The summed E-state index contributed by atoms with van der Waals surface area (Å²) in [4.78, 5) is 17.0. The number of nitrogens with zero attached hydrogens (tertiary/aromatic N) is 2. The van der Waals surface area contributed by atoms with Crippen LogP contribution in [0.25, 0.3) is 0 Å². The van der Waals surface area contributed by atoms with Gasteiger partial charge in [0.1, 0.15) is 5.82 Å². The van der Waals surface area contributed by atoms with Gasteiger partial charge >= 0.3 is 0 Å². The maximum Gasteiger partial charge on any atom is 0.224 e. The van der Waals surface area contributed by atoms with E-state index in [1.54, 1.807) is 0 Å². The van der Waals surface area contributed by atoms with Crippen molar-refractivity contribution in [1.82, 2.24) is 14.9 Å². The molecule has 2 aromatic rings. The molecule has 2 N–H and O–H groups in total. The van der Waals surface area contributed by atoms with E-state index in [-0.39, 0.29) is 5.91 Å². The summed E-state index contributed by atoms with van der Waals surface area (Å²) >= 11 is 0. The number of piperidine rings is 1. The van der Waals surface area contributed by atoms with Crippen molar-refractivity contribution >= 4 is 11.6 Å². The van der Waals surface area contributed by atoms with E-state index in [0.717, 1.165) is 30.9 Å². The molecule has 0 spiro atoms. The molecule has 1 aromatic carbocycles. The summed E-state index contributed by atoms with van der Waals surface area (Å²) in [5.74, 6) is 2.14. The van der Waals surface area contributed by atoms with Crippen LogP contribution in [0.4, 0.5) is 5.69 Å². The number of fused-ring (bicyclic) bond motifs is 2. The number of aromatic nitrogens is 2. The SMILES string of the molecule is CC(C)c1nccn1Cc1cccc(NC(=O)CC2CC3CCC(C2)N3)c1. The summed E-state index contributed by atoms with van der Waals surface area (Å²) in [6, 6.07) is 9.44. The molecule has 0 radical (unpaired) electrons. The van der Waals surface area contributed by atoms with Crippen LogP contribution in [0.2, 0.25) is 0 Å². The Labute approximate surface area is 161 Å². The van der Waals surface area contributed by atoms with E-state index < -0.39 is 0 Å². The minimum Gasteiger partial charge on any atom is -0.330 e. The van der Waals surface area contributed by atoms with E-state index in [1.807, 2.05) is 24.5 Å². The molecule has 2 saturated heterocycles. The summed E-state index contributed by atoms with van der Waals surface area (Å²) < 4.78 is 2.18. The third-order valence-corrected chi connectivity index (χ3v) is 5.87. The number of benzene rings is 1. The van der Waals surface area contributed by atoms with Crippen molar-refractivity contribution in [2.24, 2.45) is 5.92 Å². The van der Waals surface area contributed by atoms with Gasteiger partial charge in [-0.25, -0.2) is 4.98 Å². The Kier molecular flexibility index (Phi) is 5.30. The van der Waals surface area contributed by atoms with Crippen LogP contribution in [0.1, 0.15) is 63.3 Å². The number of nitrogens with one attached hydrogen (secondary N) is 2.